The average Bonchev–Trinajstić information content (AvgIpc) is 3.16. The van der Waals surface area contributed by atoms with Crippen LogP contribution in [0.25, 0.3) is 0 Å². The van der Waals surface area contributed by atoms with Crippen LogP contribution in [0.5, 0.6) is 0 Å². The van der Waals surface area contributed by atoms with Crippen LogP contribution in [-0.2, 0) is 6.42 Å². The Morgan fingerprint density at radius 2 is 2.22 bits per heavy atom. The van der Waals surface area contributed by atoms with Gasteiger partial charge in [-0.1, -0.05) is 19.9 Å². The van der Waals surface area contributed by atoms with Gasteiger partial charge in [0, 0.05) is 18.8 Å². The number of nitrogens with two attached hydrogens (primary N) is 1. The van der Waals surface area contributed by atoms with Crippen LogP contribution in [0, 0.1) is 5.92 Å². The monoisotopic (exact) mass is 247 g/mol. The zero-order chi connectivity index (χ0) is 13.0. The molecule has 100 valence electrons. The van der Waals surface area contributed by atoms with E-state index in [1.54, 1.807) is 0 Å². The third-order valence-corrected chi connectivity index (χ3v) is 3.49. The molecule has 18 heavy (non-hydrogen) atoms. The summed E-state index contributed by atoms with van der Waals surface area (Å²) >= 11 is 0. The van der Waals surface area contributed by atoms with Gasteiger partial charge in [-0.2, -0.15) is 0 Å². The minimum atomic E-state index is 0.696. The molecule has 1 saturated carbocycles. The average molecular weight is 247 g/mol. The topological polar surface area (TPSA) is 42.2 Å². The van der Waals surface area contributed by atoms with Crippen molar-refractivity contribution in [2.75, 3.05) is 18.0 Å². The summed E-state index contributed by atoms with van der Waals surface area (Å²) in [6.45, 7) is 6.38. The predicted molar refractivity (Wildman–Crippen MR) is 76.8 cm³/mol. The lowest BCUT2D eigenvalue weighted by Crippen LogP contribution is -2.30. The fourth-order valence-corrected chi connectivity index (χ4v) is 2.28. The van der Waals surface area contributed by atoms with E-state index in [0.29, 0.717) is 6.54 Å². The highest BCUT2D eigenvalue weighted by atomic mass is 15.2. The maximum absolute atomic E-state index is 5.70. The molecule has 0 aliphatic heterocycles. The van der Waals surface area contributed by atoms with Gasteiger partial charge in [0.25, 0.3) is 0 Å². The van der Waals surface area contributed by atoms with E-state index in [4.69, 9.17) is 5.73 Å². The van der Waals surface area contributed by atoms with Crippen LogP contribution < -0.4 is 10.6 Å². The molecule has 1 aromatic rings. The zero-order valence-corrected chi connectivity index (χ0v) is 11.6. The Bertz CT molecular complexity index is 372. The van der Waals surface area contributed by atoms with Crippen molar-refractivity contribution < 1.29 is 0 Å². The Balaban J connectivity index is 2.13. The largest absolute Gasteiger partial charge is 0.353 e. The van der Waals surface area contributed by atoms with Crippen molar-refractivity contribution in [2.24, 2.45) is 11.7 Å². The summed E-state index contributed by atoms with van der Waals surface area (Å²) in [7, 11) is 0. The normalized spacial score (nSPS) is 15.1. The van der Waals surface area contributed by atoms with E-state index in [1.165, 1.54) is 30.6 Å². The molecule has 0 unspecified atom stereocenters. The SMILES string of the molecule is CC(C)CCN(c1ncccc1CCN)C1CC1. The molecule has 0 spiro atoms. The quantitative estimate of drug-likeness (QED) is 0.805. The first-order valence-electron chi connectivity index (χ1n) is 7.13. The van der Waals surface area contributed by atoms with Crippen LogP contribution in [0.15, 0.2) is 18.3 Å². The van der Waals surface area contributed by atoms with Gasteiger partial charge >= 0.3 is 0 Å². The van der Waals surface area contributed by atoms with Crippen LogP contribution in [0.2, 0.25) is 0 Å². The third kappa shape index (κ3) is 3.45. The first kappa shape index (κ1) is 13.3. The Hall–Kier alpha value is -1.09. The van der Waals surface area contributed by atoms with E-state index < -0.39 is 0 Å². The maximum Gasteiger partial charge on any atom is 0.131 e. The van der Waals surface area contributed by atoms with Crippen molar-refractivity contribution in [2.45, 2.75) is 45.6 Å². The lowest BCUT2D eigenvalue weighted by molar-refractivity contribution is 0.567. The molecule has 1 aliphatic rings. The maximum atomic E-state index is 5.70. The summed E-state index contributed by atoms with van der Waals surface area (Å²) in [5, 5.41) is 0. The molecule has 2 rings (SSSR count). The van der Waals surface area contributed by atoms with Crippen LogP contribution in [-0.4, -0.2) is 24.1 Å². The highest BCUT2D eigenvalue weighted by molar-refractivity contribution is 5.49. The van der Waals surface area contributed by atoms with Gasteiger partial charge in [0.2, 0.25) is 0 Å². The van der Waals surface area contributed by atoms with Gasteiger partial charge in [-0.25, -0.2) is 4.98 Å². The number of hydrogen-bond donors (Lipinski definition) is 1. The van der Waals surface area contributed by atoms with Crippen LogP contribution in [0.3, 0.4) is 0 Å². The molecule has 3 nitrogen and oxygen atoms in total. The van der Waals surface area contributed by atoms with Crippen molar-refractivity contribution in [3.63, 3.8) is 0 Å². The molecule has 0 radical (unpaired) electrons. The van der Waals surface area contributed by atoms with Gasteiger partial charge in [0.15, 0.2) is 0 Å². The second kappa shape index (κ2) is 6.19. The summed E-state index contributed by atoms with van der Waals surface area (Å²) in [6.07, 6.45) is 6.69. The van der Waals surface area contributed by atoms with Crippen molar-refractivity contribution >= 4 is 5.82 Å². The van der Waals surface area contributed by atoms with Gasteiger partial charge in [0.05, 0.1) is 0 Å². The lowest BCUT2D eigenvalue weighted by Gasteiger charge is -2.26. The van der Waals surface area contributed by atoms with E-state index in [-0.39, 0.29) is 0 Å². The highest BCUT2D eigenvalue weighted by Gasteiger charge is 2.30. The molecule has 0 atom stereocenters. The smallest absolute Gasteiger partial charge is 0.131 e. The molecule has 3 heteroatoms. The predicted octanol–water partition coefficient (Wildman–Crippen LogP) is 2.60. The highest BCUT2D eigenvalue weighted by Crippen LogP contribution is 2.32. The van der Waals surface area contributed by atoms with Crippen molar-refractivity contribution in [3.05, 3.63) is 23.9 Å². The molecular weight excluding hydrogens is 222 g/mol. The standard InChI is InChI=1S/C15H25N3/c1-12(2)8-11-18(14-5-6-14)15-13(7-9-16)4-3-10-17-15/h3-4,10,12,14H,5-9,11,16H2,1-2H3. The molecule has 1 aliphatic carbocycles. The fourth-order valence-electron chi connectivity index (χ4n) is 2.28. The molecule has 0 aromatic carbocycles. The van der Waals surface area contributed by atoms with Gasteiger partial charge in [-0.15, -0.1) is 0 Å². The van der Waals surface area contributed by atoms with E-state index in [0.717, 1.165) is 24.9 Å². The third-order valence-electron chi connectivity index (χ3n) is 3.49. The molecule has 1 fully saturated rings. The minimum Gasteiger partial charge on any atom is -0.353 e. The van der Waals surface area contributed by atoms with Crippen molar-refractivity contribution in [1.29, 1.82) is 0 Å². The van der Waals surface area contributed by atoms with E-state index in [1.807, 2.05) is 12.3 Å². The first-order valence-corrected chi connectivity index (χ1v) is 7.13. The Morgan fingerprint density at radius 3 is 2.83 bits per heavy atom. The molecule has 0 amide bonds. The number of hydrogen-bond acceptors (Lipinski definition) is 3. The van der Waals surface area contributed by atoms with Crippen molar-refractivity contribution in [1.82, 2.24) is 4.98 Å². The molecule has 2 N–H and O–H groups in total. The second-order valence-electron chi connectivity index (χ2n) is 5.63. The Morgan fingerprint density at radius 1 is 1.44 bits per heavy atom. The Labute approximate surface area is 110 Å². The van der Waals surface area contributed by atoms with Crippen LogP contribution >= 0.6 is 0 Å². The number of anilines is 1. The Kier molecular flexibility index (Phi) is 4.59. The summed E-state index contributed by atoms with van der Waals surface area (Å²) in [4.78, 5) is 7.11. The van der Waals surface area contributed by atoms with E-state index in [2.05, 4.69) is 29.8 Å². The summed E-state index contributed by atoms with van der Waals surface area (Å²) < 4.78 is 0. The van der Waals surface area contributed by atoms with E-state index >= 15 is 0 Å². The number of pyridine rings is 1. The molecule has 1 heterocycles. The van der Waals surface area contributed by atoms with Gasteiger partial charge < -0.3 is 10.6 Å². The second-order valence-corrected chi connectivity index (χ2v) is 5.63. The van der Waals surface area contributed by atoms with Crippen molar-refractivity contribution in [3.8, 4) is 0 Å². The molecule has 1 aromatic heterocycles. The van der Waals surface area contributed by atoms with Gasteiger partial charge in [0.1, 0.15) is 5.82 Å². The summed E-state index contributed by atoms with van der Waals surface area (Å²) in [5.41, 5.74) is 7.00. The fraction of sp³-hybridized carbons (Fsp3) is 0.667. The molecular formula is C15H25N3. The van der Waals surface area contributed by atoms with Crippen LogP contribution in [0.4, 0.5) is 5.82 Å². The van der Waals surface area contributed by atoms with E-state index in [9.17, 15) is 0 Å². The molecule has 0 saturated heterocycles. The number of aromatic nitrogens is 1. The number of rotatable bonds is 7. The van der Waals surface area contributed by atoms with Gasteiger partial charge in [-0.05, 0) is 49.8 Å². The van der Waals surface area contributed by atoms with Crippen LogP contribution in [0.1, 0.15) is 38.7 Å². The molecule has 0 bridgehead atoms. The summed E-state index contributed by atoms with van der Waals surface area (Å²) in [6, 6.07) is 4.90. The van der Waals surface area contributed by atoms with Gasteiger partial charge in [-0.3, -0.25) is 0 Å². The number of nitrogens with zero attached hydrogens (tertiary/aromatic N) is 2. The zero-order valence-electron chi connectivity index (χ0n) is 11.6. The minimum absolute atomic E-state index is 0.696. The lowest BCUT2D eigenvalue weighted by atomic mass is 10.1. The first-order chi connectivity index (χ1) is 8.72. The summed E-state index contributed by atoms with van der Waals surface area (Å²) in [5.74, 6) is 1.92.